The van der Waals surface area contributed by atoms with E-state index in [0.29, 0.717) is 5.75 Å². The number of amides is 3. The van der Waals surface area contributed by atoms with Crippen molar-refractivity contribution in [3.05, 3.63) is 30.3 Å². The fraction of sp³-hybridized carbons (Fsp3) is 0.357. The number of carbonyl (C=O) groups is 3. The van der Waals surface area contributed by atoms with Crippen molar-refractivity contribution in [1.29, 1.82) is 0 Å². The van der Waals surface area contributed by atoms with Crippen LogP contribution in [-0.2, 0) is 14.3 Å². The largest absolute Gasteiger partial charge is 0.453 e. The fourth-order valence-corrected chi connectivity index (χ4v) is 2.21. The van der Waals surface area contributed by atoms with E-state index in [2.05, 4.69) is 5.32 Å². The summed E-state index contributed by atoms with van der Waals surface area (Å²) in [6, 6.07) is 9.04. The average Bonchev–Trinajstić information content (AvgIpc) is 2.48. The molecule has 1 aromatic carbocycles. The molecule has 0 aliphatic carbocycles. The Balaban J connectivity index is 2.26. The molecule has 0 fully saturated rings. The van der Waals surface area contributed by atoms with E-state index >= 15 is 0 Å². The monoisotopic (exact) mass is 310 g/mol. The van der Waals surface area contributed by atoms with Gasteiger partial charge in [0.25, 0.3) is 5.91 Å². The molecule has 0 aliphatic heterocycles. The number of hydrogen-bond acceptors (Lipinski definition) is 5. The molecule has 114 valence electrons. The zero-order chi connectivity index (χ0) is 15.7. The van der Waals surface area contributed by atoms with Crippen LogP contribution in [-0.4, -0.2) is 36.8 Å². The highest BCUT2D eigenvalue weighted by Gasteiger charge is 2.19. The molecule has 2 N–H and O–H groups in total. The number of hydrogen-bond donors (Lipinski definition) is 2. The van der Waals surface area contributed by atoms with Crippen molar-refractivity contribution in [2.24, 2.45) is 0 Å². The van der Waals surface area contributed by atoms with Gasteiger partial charge in [-0.15, -0.1) is 11.8 Å². The highest BCUT2D eigenvalue weighted by Crippen LogP contribution is 2.17. The van der Waals surface area contributed by atoms with Gasteiger partial charge in [0.2, 0.25) is 0 Å². The average molecular weight is 310 g/mol. The maximum atomic E-state index is 11.6. The molecule has 7 heteroatoms. The molecule has 0 unspecified atom stereocenters. The number of nitrogens with one attached hydrogen (secondary N) is 2. The van der Waals surface area contributed by atoms with Crippen LogP contribution in [0.1, 0.15) is 13.3 Å². The van der Waals surface area contributed by atoms with E-state index < -0.39 is 24.0 Å². The van der Waals surface area contributed by atoms with Gasteiger partial charge < -0.3 is 10.1 Å². The molecule has 0 aliphatic rings. The van der Waals surface area contributed by atoms with Gasteiger partial charge in [-0.3, -0.25) is 14.9 Å². The lowest BCUT2D eigenvalue weighted by Crippen LogP contribution is -2.43. The van der Waals surface area contributed by atoms with E-state index in [4.69, 9.17) is 4.74 Å². The number of rotatable bonds is 6. The molecule has 0 heterocycles. The Morgan fingerprint density at radius 2 is 1.90 bits per heavy atom. The smallest absolute Gasteiger partial charge is 0.321 e. The minimum atomic E-state index is -1.00. The van der Waals surface area contributed by atoms with Gasteiger partial charge in [0.05, 0.1) is 6.42 Å². The van der Waals surface area contributed by atoms with Crippen LogP contribution in [0.4, 0.5) is 4.79 Å². The molecule has 0 saturated heterocycles. The molecule has 0 aromatic heterocycles. The van der Waals surface area contributed by atoms with E-state index in [9.17, 15) is 14.4 Å². The molecular formula is C14H18N2O4S. The van der Waals surface area contributed by atoms with Gasteiger partial charge in [0.15, 0.2) is 6.10 Å². The van der Waals surface area contributed by atoms with Crippen molar-refractivity contribution in [3.63, 3.8) is 0 Å². The van der Waals surface area contributed by atoms with Crippen LogP contribution >= 0.6 is 11.8 Å². The second-order valence-electron chi connectivity index (χ2n) is 4.11. The summed E-state index contributed by atoms with van der Waals surface area (Å²) in [5, 5.41) is 4.29. The van der Waals surface area contributed by atoms with Crippen molar-refractivity contribution in [2.75, 3.05) is 12.8 Å². The third-order valence-corrected chi connectivity index (χ3v) is 3.47. The van der Waals surface area contributed by atoms with Crippen molar-refractivity contribution < 1.29 is 19.1 Å². The van der Waals surface area contributed by atoms with Crippen LogP contribution in [0.25, 0.3) is 0 Å². The Bertz CT molecular complexity index is 493. The minimum Gasteiger partial charge on any atom is -0.453 e. The predicted octanol–water partition coefficient (Wildman–Crippen LogP) is 1.56. The lowest BCUT2D eigenvalue weighted by Gasteiger charge is -2.12. The van der Waals surface area contributed by atoms with Crippen molar-refractivity contribution in [2.45, 2.75) is 24.3 Å². The second-order valence-corrected chi connectivity index (χ2v) is 5.28. The number of imide groups is 1. The van der Waals surface area contributed by atoms with Gasteiger partial charge >= 0.3 is 12.0 Å². The van der Waals surface area contributed by atoms with Crippen LogP contribution in [0, 0.1) is 0 Å². The van der Waals surface area contributed by atoms with E-state index in [-0.39, 0.29) is 6.42 Å². The molecule has 0 radical (unpaired) electrons. The second kappa shape index (κ2) is 9.02. The number of urea groups is 1. The van der Waals surface area contributed by atoms with Crippen molar-refractivity contribution >= 4 is 29.7 Å². The fourth-order valence-electron chi connectivity index (χ4n) is 1.35. The molecule has 0 bridgehead atoms. The lowest BCUT2D eigenvalue weighted by atomic mass is 10.3. The first-order valence-electron chi connectivity index (χ1n) is 6.43. The Morgan fingerprint density at radius 1 is 1.24 bits per heavy atom. The molecule has 1 atom stereocenters. The first kappa shape index (κ1) is 17.0. The van der Waals surface area contributed by atoms with Gasteiger partial charge in [0.1, 0.15) is 0 Å². The van der Waals surface area contributed by atoms with Crippen LogP contribution in [0.15, 0.2) is 35.2 Å². The normalized spacial score (nSPS) is 11.3. The lowest BCUT2D eigenvalue weighted by molar-refractivity contribution is -0.154. The van der Waals surface area contributed by atoms with Crippen LogP contribution in [0.2, 0.25) is 0 Å². The molecule has 3 amide bonds. The molecular weight excluding hydrogens is 292 g/mol. The summed E-state index contributed by atoms with van der Waals surface area (Å²) in [7, 11) is 1.39. The first-order chi connectivity index (χ1) is 10.0. The summed E-state index contributed by atoms with van der Waals surface area (Å²) in [5.41, 5.74) is 0. The molecule has 0 saturated carbocycles. The third kappa shape index (κ3) is 6.80. The summed E-state index contributed by atoms with van der Waals surface area (Å²) in [4.78, 5) is 35.1. The highest BCUT2D eigenvalue weighted by molar-refractivity contribution is 7.99. The van der Waals surface area contributed by atoms with Gasteiger partial charge in [-0.2, -0.15) is 0 Å². The minimum absolute atomic E-state index is 0.192. The zero-order valence-corrected chi connectivity index (χ0v) is 12.7. The Morgan fingerprint density at radius 3 is 2.52 bits per heavy atom. The molecule has 0 spiro atoms. The SMILES string of the molecule is CNC(=O)NC(=O)[C@@H](C)OC(=O)CCSc1ccccc1. The zero-order valence-electron chi connectivity index (χ0n) is 11.9. The van der Waals surface area contributed by atoms with E-state index in [1.807, 2.05) is 35.6 Å². The van der Waals surface area contributed by atoms with Crippen molar-refractivity contribution in [1.82, 2.24) is 10.6 Å². The van der Waals surface area contributed by atoms with Crippen molar-refractivity contribution in [3.8, 4) is 0 Å². The molecule has 1 rings (SSSR count). The molecule has 1 aromatic rings. The highest BCUT2D eigenvalue weighted by atomic mass is 32.2. The maximum Gasteiger partial charge on any atom is 0.321 e. The van der Waals surface area contributed by atoms with Gasteiger partial charge in [-0.1, -0.05) is 18.2 Å². The summed E-state index contributed by atoms with van der Waals surface area (Å²) in [6.45, 7) is 1.42. The van der Waals surface area contributed by atoms with E-state index in [1.54, 1.807) is 0 Å². The number of esters is 1. The topological polar surface area (TPSA) is 84.5 Å². The summed E-state index contributed by atoms with van der Waals surface area (Å²) < 4.78 is 4.95. The summed E-state index contributed by atoms with van der Waals surface area (Å²) in [5.74, 6) is -0.566. The Labute approximate surface area is 127 Å². The predicted molar refractivity (Wildman–Crippen MR) is 79.9 cm³/mol. The van der Waals surface area contributed by atoms with Crippen LogP contribution < -0.4 is 10.6 Å². The van der Waals surface area contributed by atoms with Crippen LogP contribution in [0.3, 0.4) is 0 Å². The Hall–Kier alpha value is -2.02. The first-order valence-corrected chi connectivity index (χ1v) is 7.41. The maximum absolute atomic E-state index is 11.6. The van der Waals surface area contributed by atoms with Gasteiger partial charge in [-0.05, 0) is 19.1 Å². The standard InChI is InChI=1S/C14H18N2O4S/c1-10(13(18)16-14(19)15-2)20-12(17)8-9-21-11-6-4-3-5-7-11/h3-7,10H,8-9H2,1-2H3,(H2,15,16,18,19)/t10-/m1/s1. The summed E-state index contributed by atoms with van der Waals surface area (Å²) >= 11 is 1.53. The third-order valence-electron chi connectivity index (χ3n) is 2.46. The van der Waals surface area contributed by atoms with E-state index in [0.717, 1.165) is 4.90 Å². The van der Waals surface area contributed by atoms with Crippen LogP contribution in [0.5, 0.6) is 0 Å². The van der Waals surface area contributed by atoms with Gasteiger partial charge in [-0.25, -0.2) is 4.79 Å². The molecule has 21 heavy (non-hydrogen) atoms. The molecule has 6 nitrogen and oxygen atoms in total. The Kier molecular flexibility index (Phi) is 7.31. The van der Waals surface area contributed by atoms with E-state index in [1.165, 1.54) is 25.7 Å². The number of ether oxygens (including phenoxy) is 1. The van der Waals surface area contributed by atoms with Gasteiger partial charge in [0, 0.05) is 17.7 Å². The quantitative estimate of drug-likeness (QED) is 0.615. The number of thioether (sulfide) groups is 1. The number of carbonyl (C=O) groups excluding carboxylic acids is 3. The summed E-state index contributed by atoms with van der Waals surface area (Å²) in [6.07, 6.45) is -0.812. The number of benzene rings is 1.